The van der Waals surface area contributed by atoms with Crippen LogP contribution in [0.5, 0.6) is 5.75 Å². The monoisotopic (exact) mass is 584 g/mol. The number of hydrogen-bond acceptors (Lipinski definition) is 4. The number of alkyl halides is 3. The van der Waals surface area contributed by atoms with E-state index >= 15 is 0 Å². The Bertz CT molecular complexity index is 1240. The van der Waals surface area contributed by atoms with E-state index in [9.17, 15) is 32.3 Å². The summed E-state index contributed by atoms with van der Waals surface area (Å²) in [6.45, 7) is 2.00. The zero-order chi connectivity index (χ0) is 29.4. The van der Waals surface area contributed by atoms with Crippen molar-refractivity contribution in [3.63, 3.8) is 0 Å². The number of piperidine rings is 1. The largest absolute Gasteiger partial charge is 0.490 e. The Morgan fingerprint density at radius 2 is 1.73 bits per heavy atom. The van der Waals surface area contributed by atoms with Crippen LogP contribution in [0.1, 0.15) is 53.6 Å². The first-order valence-electron chi connectivity index (χ1n) is 13.2. The van der Waals surface area contributed by atoms with Crippen molar-refractivity contribution in [2.24, 2.45) is 11.8 Å². The molecular weight excluding hydrogens is 552 g/mol. The van der Waals surface area contributed by atoms with Crippen molar-refractivity contribution in [2.45, 2.75) is 56.9 Å². The second kappa shape index (κ2) is 11.6. The van der Waals surface area contributed by atoms with Gasteiger partial charge in [-0.05, 0) is 92.8 Å². The molecule has 2 aliphatic rings. The SMILES string of the molecule is Cc1cc(OC2CC(CC3CCN(C(=O)[C@](O)(c4cc(F)cc(Cl)c4)C(F)(F)F)CC3)C2)ccc1C(=O)N(C)C. The molecule has 0 spiro atoms. The molecule has 1 N–H and O–H groups in total. The molecule has 1 atom stereocenters. The van der Waals surface area contributed by atoms with Crippen molar-refractivity contribution in [3.05, 3.63) is 63.9 Å². The highest BCUT2D eigenvalue weighted by atomic mass is 35.5. The van der Waals surface area contributed by atoms with Crippen LogP contribution in [0.15, 0.2) is 36.4 Å². The Morgan fingerprint density at radius 1 is 1.07 bits per heavy atom. The number of aryl methyl sites for hydroxylation is 1. The normalized spacial score (nSPS) is 21.4. The van der Waals surface area contributed by atoms with Crippen molar-refractivity contribution >= 4 is 23.4 Å². The first-order chi connectivity index (χ1) is 18.7. The molecule has 40 heavy (non-hydrogen) atoms. The molecule has 2 aromatic carbocycles. The number of likely N-dealkylation sites (tertiary alicyclic amines) is 1. The fourth-order valence-corrected chi connectivity index (χ4v) is 5.81. The van der Waals surface area contributed by atoms with E-state index in [1.165, 1.54) is 4.90 Å². The van der Waals surface area contributed by atoms with Gasteiger partial charge < -0.3 is 19.6 Å². The van der Waals surface area contributed by atoms with Gasteiger partial charge in [0.15, 0.2) is 0 Å². The lowest BCUT2D eigenvalue weighted by molar-refractivity contribution is -0.262. The van der Waals surface area contributed by atoms with Crippen LogP contribution in [0.3, 0.4) is 0 Å². The standard InChI is InChI=1S/C29H33ClF4N2O4/c1-17-10-23(4-5-25(17)26(37)35(2)3)40-24-12-19(13-24)11-18-6-8-36(9-7-18)27(38)28(39,29(32,33)34)20-14-21(30)16-22(31)15-20/h4-5,10,14-16,18-19,24,39H,6-9,11-13H2,1-3H3/t19?,24?,28-/m1/s1. The molecular formula is C29H33ClF4N2O4. The van der Waals surface area contributed by atoms with Crippen LogP contribution in [0, 0.1) is 24.6 Å². The summed E-state index contributed by atoms with van der Waals surface area (Å²) in [6, 6.07) is 7.47. The predicted octanol–water partition coefficient (Wildman–Crippen LogP) is 5.73. The molecule has 11 heteroatoms. The van der Waals surface area contributed by atoms with Crippen molar-refractivity contribution in [1.82, 2.24) is 9.80 Å². The lowest BCUT2D eigenvalue weighted by Crippen LogP contribution is -2.57. The molecule has 1 saturated heterocycles. The quantitative estimate of drug-likeness (QED) is 0.422. The lowest BCUT2D eigenvalue weighted by atomic mass is 9.74. The molecule has 6 nitrogen and oxygen atoms in total. The van der Waals surface area contributed by atoms with Crippen molar-refractivity contribution < 1.29 is 37.0 Å². The smallest absolute Gasteiger partial charge is 0.430 e. The van der Waals surface area contributed by atoms with Crippen LogP contribution in [0.4, 0.5) is 17.6 Å². The second-order valence-corrected chi connectivity index (χ2v) is 11.5. The average molecular weight is 585 g/mol. The van der Waals surface area contributed by atoms with Gasteiger partial charge in [0.2, 0.25) is 0 Å². The van der Waals surface area contributed by atoms with Crippen LogP contribution in [-0.2, 0) is 10.4 Å². The minimum Gasteiger partial charge on any atom is -0.490 e. The summed E-state index contributed by atoms with van der Waals surface area (Å²) in [5.74, 6) is -1.32. The molecule has 1 heterocycles. The number of nitrogens with zero attached hydrogens (tertiary/aromatic N) is 2. The number of ether oxygens (including phenoxy) is 1. The highest BCUT2D eigenvalue weighted by molar-refractivity contribution is 6.30. The van der Waals surface area contributed by atoms with Gasteiger partial charge in [0.05, 0.1) is 6.10 Å². The summed E-state index contributed by atoms with van der Waals surface area (Å²) in [4.78, 5) is 27.7. The van der Waals surface area contributed by atoms with E-state index in [1.807, 2.05) is 13.0 Å². The lowest BCUT2D eigenvalue weighted by Gasteiger charge is -2.41. The summed E-state index contributed by atoms with van der Waals surface area (Å²) in [5, 5.41) is 10.3. The van der Waals surface area contributed by atoms with Crippen LogP contribution in [0.25, 0.3) is 0 Å². The number of benzene rings is 2. The van der Waals surface area contributed by atoms with Crippen LogP contribution < -0.4 is 4.74 Å². The van der Waals surface area contributed by atoms with Gasteiger partial charge in [-0.15, -0.1) is 0 Å². The van der Waals surface area contributed by atoms with Gasteiger partial charge in [0, 0.05) is 43.3 Å². The summed E-state index contributed by atoms with van der Waals surface area (Å²) in [7, 11) is 3.40. The Kier molecular flexibility index (Phi) is 8.71. The number of halogens is 5. The average Bonchev–Trinajstić information content (AvgIpc) is 2.85. The molecule has 1 aliphatic heterocycles. The number of aliphatic hydroxyl groups is 1. The van der Waals surface area contributed by atoms with E-state index < -0.39 is 29.1 Å². The van der Waals surface area contributed by atoms with E-state index in [0.717, 1.165) is 41.9 Å². The van der Waals surface area contributed by atoms with E-state index in [-0.39, 0.29) is 36.0 Å². The summed E-state index contributed by atoms with van der Waals surface area (Å²) < 4.78 is 61.8. The van der Waals surface area contributed by atoms with E-state index in [1.54, 1.807) is 26.2 Å². The zero-order valence-electron chi connectivity index (χ0n) is 22.6. The summed E-state index contributed by atoms with van der Waals surface area (Å²) in [5.41, 5.74) is -3.36. The molecule has 0 unspecified atom stereocenters. The third-order valence-corrected chi connectivity index (χ3v) is 8.12. The van der Waals surface area contributed by atoms with Crippen LogP contribution >= 0.6 is 11.6 Å². The fourth-order valence-electron chi connectivity index (χ4n) is 5.59. The Hall–Kier alpha value is -2.85. The third-order valence-electron chi connectivity index (χ3n) is 7.90. The van der Waals surface area contributed by atoms with E-state index in [4.69, 9.17) is 16.3 Å². The van der Waals surface area contributed by atoms with Gasteiger partial charge in [-0.25, -0.2) is 4.39 Å². The highest BCUT2D eigenvalue weighted by Crippen LogP contribution is 2.43. The van der Waals surface area contributed by atoms with Crippen molar-refractivity contribution in [1.29, 1.82) is 0 Å². The number of hydrogen-bond donors (Lipinski definition) is 1. The first-order valence-corrected chi connectivity index (χ1v) is 13.6. The summed E-state index contributed by atoms with van der Waals surface area (Å²) >= 11 is 5.71. The number of rotatable bonds is 7. The number of amides is 2. The molecule has 218 valence electrons. The molecule has 1 aliphatic carbocycles. The van der Waals surface area contributed by atoms with Gasteiger partial charge in [-0.3, -0.25) is 9.59 Å². The maximum atomic E-state index is 14.0. The molecule has 2 fully saturated rings. The molecule has 2 aromatic rings. The van der Waals surface area contributed by atoms with Gasteiger partial charge in [-0.1, -0.05) is 11.6 Å². The van der Waals surface area contributed by atoms with Gasteiger partial charge in [0.25, 0.3) is 17.4 Å². The van der Waals surface area contributed by atoms with Gasteiger partial charge in [0.1, 0.15) is 11.6 Å². The Morgan fingerprint density at radius 3 is 2.27 bits per heavy atom. The topological polar surface area (TPSA) is 70.1 Å². The Labute approximate surface area is 235 Å². The van der Waals surface area contributed by atoms with E-state index in [2.05, 4.69) is 0 Å². The molecule has 0 bridgehead atoms. The van der Waals surface area contributed by atoms with Crippen molar-refractivity contribution in [2.75, 3.05) is 27.2 Å². The first kappa shape index (κ1) is 30.1. The van der Waals surface area contributed by atoms with Crippen LogP contribution in [0.2, 0.25) is 5.02 Å². The minimum atomic E-state index is -5.36. The zero-order valence-corrected chi connectivity index (χ0v) is 23.4. The molecule has 2 amide bonds. The summed E-state index contributed by atoms with van der Waals surface area (Å²) in [6.07, 6.45) is -1.71. The molecule has 0 radical (unpaired) electrons. The minimum absolute atomic E-state index is 0.0568. The predicted molar refractivity (Wildman–Crippen MR) is 142 cm³/mol. The van der Waals surface area contributed by atoms with Crippen molar-refractivity contribution in [3.8, 4) is 5.75 Å². The van der Waals surface area contributed by atoms with Gasteiger partial charge >= 0.3 is 6.18 Å². The van der Waals surface area contributed by atoms with Crippen LogP contribution in [-0.4, -0.2) is 66.2 Å². The maximum Gasteiger partial charge on any atom is 0.430 e. The Balaban J connectivity index is 1.28. The second-order valence-electron chi connectivity index (χ2n) is 11.1. The third kappa shape index (κ3) is 6.22. The molecule has 0 aromatic heterocycles. The maximum absolute atomic E-state index is 14.0. The highest BCUT2D eigenvalue weighted by Gasteiger charge is 2.62. The number of carbonyl (C=O) groups excluding carboxylic acids is 2. The van der Waals surface area contributed by atoms with E-state index in [0.29, 0.717) is 36.1 Å². The molecule has 4 rings (SSSR count). The molecule has 1 saturated carbocycles. The number of carbonyl (C=O) groups is 2. The van der Waals surface area contributed by atoms with Gasteiger partial charge in [-0.2, -0.15) is 13.2 Å². The fraction of sp³-hybridized carbons (Fsp3) is 0.517.